The highest BCUT2D eigenvalue weighted by Gasteiger charge is 2.30. The number of methoxy groups -OCH3 is 1. The van der Waals surface area contributed by atoms with Gasteiger partial charge in [-0.2, -0.15) is 5.10 Å². The quantitative estimate of drug-likeness (QED) is 0.319. The number of hydrogen-bond acceptors (Lipinski definition) is 8. The van der Waals surface area contributed by atoms with E-state index >= 15 is 0 Å². The number of fused-ring (bicyclic) bond motifs is 1. The summed E-state index contributed by atoms with van der Waals surface area (Å²) in [6.07, 6.45) is 7.90. The molecule has 39 heavy (non-hydrogen) atoms. The minimum absolute atomic E-state index is 0.0555. The predicted molar refractivity (Wildman–Crippen MR) is 155 cm³/mol. The minimum Gasteiger partial charge on any atom is -0.496 e. The molecule has 1 amide bonds. The fourth-order valence-corrected chi connectivity index (χ4v) is 6.45. The lowest BCUT2D eigenvalue weighted by Gasteiger charge is -2.25. The van der Waals surface area contributed by atoms with Crippen LogP contribution in [0.1, 0.15) is 34.7 Å². The maximum atomic E-state index is 12.9. The Kier molecular flexibility index (Phi) is 8.54. The summed E-state index contributed by atoms with van der Waals surface area (Å²) in [7, 11) is 1.69. The molecular weight excluding hydrogens is 512 g/mol. The number of aromatic nitrogens is 3. The van der Waals surface area contributed by atoms with Gasteiger partial charge in [-0.25, -0.2) is 9.50 Å². The van der Waals surface area contributed by atoms with Crippen LogP contribution in [0.15, 0.2) is 48.2 Å². The zero-order valence-corrected chi connectivity index (χ0v) is 23.5. The van der Waals surface area contributed by atoms with Gasteiger partial charge < -0.3 is 20.1 Å². The van der Waals surface area contributed by atoms with Crippen molar-refractivity contribution in [2.45, 2.75) is 29.9 Å². The van der Waals surface area contributed by atoms with E-state index in [-0.39, 0.29) is 11.8 Å². The highest BCUT2D eigenvalue weighted by molar-refractivity contribution is 7.98. The summed E-state index contributed by atoms with van der Waals surface area (Å²) < 4.78 is 13.0. The first-order chi connectivity index (χ1) is 19.0. The van der Waals surface area contributed by atoms with Gasteiger partial charge in [-0.1, -0.05) is 24.8 Å². The summed E-state index contributed by atoms with van der Waals surface area (Å²) in [4.78, 5) is 22.4. The van der Waals surface area contributed by atoms with Crippen LogP contribution in [-0.4, -0.2) is 83.4 Å². The zero-order chi connectivity index (χ0) is 27.4. The summed E-state index contributed by atoms with van der Waals surface area (Å²) in [6, 6.07) is 6.32. The number of carbonyl (C=O) groups is 1. The number of benzene rings is 1. The molecule has 1 atom stereocenters. The van der Waals surface area contributed by atoms with E-state index in [0.29, 0.717) is 24.7 Å². The van der Waals surface area contributed by atoms with E-state index < -0.39 is 0 Å². The van der Waals surface area contributed by atoms with Gasteiger partial charge in [0.2, 0.25) is 5.91 Å². The second kappa shape index (κ2) is 12.2. The smallest absolute Gasteiger partial charge is 0.246 e. The van der Waals surface area contributed by atoms with Crippen molar-refractivity contribution < 1.29 is 14.3 Å². The predicted octanol–water partition coefficient (Wildman–Crippen LogP) is 3.77. The SMILES string of the molecule is C=Cc1cc(C)cc(OC)c1SCc1cc([C@H]2CCN(C(=O)/C=C/CN3CCOCC3)C2)n2ncnc(N)c12. The number of rotatable bonds is 9. The van der Waals surface area contributed by atoms with Crippen LogP contribution in [0, 0.1) is 6.92 Å². The molecule has 206 valence electrons. The molecule has 2 fully saturated rings. The Hall–Kier alpha value is -3.34. The molecule has 0 spiro atoms. The lowest BCUT2D eigenvalue weighted by Crippen LogP contribution is -2.36. The molecule has 10 heteroatoms. The molecule has 1 aromatic carbocycles. The molecule has 3 aromatic rings. The van der Waals surface area contributed by atoms with E-state index in [1.165, 1.54) is 6.33 Å². The van der Waals surface area contributed by atoms with Crippen LogP contribution in [0.5, 0.6) is 5.75 Å². The van der Waals surface area contributed by atoms with Gasteiger partial charge in [0.1, 0.15) is 17.6 Å². The molecule has 0 radical (unpaired) electrons. The highest BCUT2D eigenvalue weighted by Crippen LogP contribution is 2.39. The number of aryl methyl sites for hydroxylation is 1. The molecule has 2 N–H and O–H groups in total. The van der Waals surface area contributed by atoms with E-state index in [0.717, 1.165) is 77.8 Å². The average Bonchev–Trinajstić information content (AvgIpc) is 3.58. The molecule has 9 nitrogen and oxygen atoms in total. The van der Waals surface area contributed by atoms with Crippen LogP contribution < -0.4 is 10.5 Å². The number of nitrogen functional groups attached to an aromatic ring is 1. The van der Waals surface area contributed by atoms with Crippen LogP contribution in [0.4, 0.5) is 5.82 Å². The normalized spacial score (nSPS) is 18.3. The third kappa shape index (κ3) is 5.98. The molecule has 5 rings (SSSR count). The third-order valence-electron chi connectivity index (χ3n) is 7.37. The topological polar surface area (TPSA) is 98.2 Å². The van der Waals surface area contributed by atoms with E-state index in [4.69, 9.17) is 15.2 Å². The molecule has 2 aliphatic rings. The maximum absolute atomic E-state index is 12.9. The molecule has 0 saturated carbocycles. The van der Waals surface area contributed by atoms with Gasteiger partial charge in [0.15, 0.2) is 5.82 Å². The summed E-state index contributed by atoms with van der Waals surface area (Å²) in [5, 5.41) is 4.55. The summed E-state index contributed by atoms with van der Waals surface area (Å²) in [6.45, 7) is 11.5. The van der Waals surface area contributed by atoms with Gasteiger partial charge in [0.05, 0.1) is 25.2 Å². The fourth-order valence-electron chi connectivity index (χ4n) is 5.34. The van der Waals surface area contributed by atoms with Gasteiger partial charge in [0.25, 0.3) is 0 Å². The zero-order valence-electron chi connectivity index (χ0n) is 22.6. The van der Waals surface area contributed by atoms with Crippen molar-refractivity contribution in [2.75, 3.05) is 58.8 Å². The Bertz CT molecular complexity index is 1380. The number of anilines is 1. The largest absolute Gasteiger partial charge is 0.496 e. The number of hydrogen-bond donors (Lipinski definition) is 1. The molecule has 0 unspecified atom stereocenters. The lowest BCUT2D eigenvalue weighted by atomic mass is 10.1. The Morgan fingerprint density at radius 2 is 2.10 bits per heavy atom. The lowest BCUT2D eigenvalue weighted by molar-refractivity contribution is -0.125. The van der Waals surface area contributed by atoms with E-state index in [2.05, 4.69) is 33.7 Å². The van der Waals surface area contributed by atoms with Crippen molar-refractivity contribution in [3.8, 4) is 5.75 Å². The van der Waals surface area contributed by atoms with E-state index in [9.17, 15) is 4.79 Å². The number of thioether (sulfide) groups is 1. The van der Waals surface area contributed by atoms with E-state index in [1.807, 2.05) is 34.6 Å². The van der Waals surface area contributed by atoms with Crippen LogP contribution in [0.2, 0.25) is 0 Å². The van der Waals surface area contributed by atoms with Crippen LogP contribution in [0.3, 0.4) is 0 Å². The Morgan fingerprint density at radius 3 is 2.87 bits per heavy atom. The van der Waals surface area contributed by atoms with Gasteiger partial charge in [-0.3, -0.25) is 9.69 Å². The van der Waals surface area contributed by atoms with E-state index in [1.54, 1.807) is 24.9 Å². The van der Waals surface area contributed by atoms with Crippen LogP contribution >= 0.6 is 11.8 Å². The van der Waals surface area contributed by atoms with Crippen molar-refractivity contribution in [3.05, 3.63) is 65.6 Å². The van der Waals surface area contributed by atoms with Crippen molar-refractivity contribution >= 4 is 35.1 Å². The fraction of sp³-hybridized carbons (Fsp3) is 0.414. The number of morpholine rings is 1. The summed E-state index contributed by atoms with van der Waals surface area (Å²) in [5.74, 6) is 2.17. The minimum atomic E-state index is 0.0555. The van der Waals surface area contributed by atoms with Gasteiger partial charge in [-0.15, -0.1) is 11.8 Å². The highest BCUT2D eigenvalue weighted by atomic mass is 32.2. The average molecular weight is 549 g/mol. The van der Waals surface area contributed by atoms with Crippen LogP contribution in [-0.2, 0) is 15.3 Å². The number of nitrogens with zero attached hydrogens (tertiary/aromatic N) is 5. The summed E-state index contributed by atoms with van der Waals surface area (Å²) >= 11 is 1.68. The molecule has 2 aliphatic heterocycles. The molecule has 0 aliphatic carbocycles. The van der Waals surface area contributed by atoms with Crippen molar-refractivity contribution in [2.24, 2.45) is 0 Å². The molecule has 0 bridgehead atoms. The molecular formula is C29H36N6O3S. The standard InChI is InChI=1S/C29H36N6O3S/c1-4-21-14-20(2)15-25(37-3)28(21)39-18-23-16-24(35-27(23)29(30)31-19-32-35)22-7-9-34(17-22)26(36)6-5-8-33-10-12-38-13-11-33/h4-6,14-16,19,22H,1,7-13,17-18H2,2-3H3,(H2,30,31,32)/b6-5+/t22-/m0/s1. The Balaban J connectivity index is 1.32. The number of amides is 1. The number of carbonyl (C=O) groups excluding carboxylic acids is 1. The molecule has 4 heterocycles. The first kappa shape index (κ1) is 27.2. The number of ether oxygens (including phenoxy) is 2. The molecule has 2 aromatic heterocycles. The monoisotopic (exact) mass is 548 g/mol. The van der Waals surface area contributed by atoms with Crippen molar-refractivity contribution in [3.63, 3.8) is 0 Å². The Morgan fingerprint density at radius 1 is 1.28 bits per heavy atom. The first-order valence-electron chi connectivity index (χ1n) is 13.3. The van der Waals surface area contributed by atoms with Crippen molar-refractivity contribution in [1.82, 2.24) is 24.4 Å². The first-order valence-corrected chi connectivity index (χ1v) is 14.3. The number of nitrogens with two attached hydrogens (primary N) is 1. The second-order valence-electron chi connectivity index (χ2n) is 9.96. The maximum Gasteiger partial charge on any atom is 0.246 e. The third-order valence-corrected chi connectivity index (χ3v) is 8.56. The van der Waals surface area contributed by atoms with Crippen molar-refractivity contribution in [1.29, 1.82) is 0 Å². The van der Waals surface area contributed by atoms with Gasteiger partial charge in [0, 0.05) is 56.2 Å². The van der Waals surface area contributed by atoms with Gasteiger partial charge >= 0.3 is 0 Å². The summed E-state index contributed by atoms with van der Waals surface area (Å²) in [5.41, 5.74) is 11.4. The Labute approximate surface area is 233 Å². The van der Waals surface area contributed by atoms with Gasteiger partial charge in [-0.05, 0) is 42.2 Å². The second-order valence-corrected chi connectivity index (χ2v) is 10.9. The van der Waals surface area contributed by atoms with Crippen LogP contribution in [0.25, 0.3) is 11.6 Å². The number of likely N-dealkylation sites (tertiary alicyclic amines) is 1. The molecule has 2 saturated heterocycles.